The number of amides is 2. The quantitative estimate of drug-likeness (QED) is 0.333. The summed E-state index contributed by atoms with van der Waals surface area (Å²) in [4.78, 5) is 51.3. The molecule has 12 nitrogen and oxygen atoms in total. The van der Waals surface area contributed by atoms with Crippen LogP contribution in [0.1, 0.15) is 26.4 Å². The molecule has 2 N–H and O–H groups in total. The number of carbonyl (C=O) groups is 2. The van der Waals surface area contributed by atoms with Gasteiger partial charge in [-0.1, -0.05) is 18.2 Å². The fourth-order valence-electron chi connectivity index (χ4n) is 3.92. The highest BCUT2D eigenvalue weighted by atomic mass is 19.1. The normalized spacial score (nSPS) is 12.9. The number of carbonyl (C=O) groups excluding carboxylic acids is 2. The lowest BCUT2D eigenvalue weighted by molar-refractivity contribution is -0.384. The second-order valence-corrected chi connectivity index (χ2v) is 8.18. The number of hydrogen-bond donors (Lipinski definition) is 2. The smallest absolute Gasteiger partial charge is 0.294 e. The molecule has 0 saturated carbocycles. The average molecular weight is 529 g/mol. The Morgan fingerprint density at radius 3 is 2.63 bits per heavy atom. The van der Waals surface area contributed by atoms with E-state index in [9.17, 15) is 38.4 Å². The van der Waals surface area contributed by atoms with E-state index in [0.29, 0.717) is 6.07 Å². The van der Waals surface area contributed by atoms with Gasteiger partial charge in [-0.2, -0.15) is 0 Å². The topological polar surface area (TPSA) is 147 Å². The Morgan fingerprint density at radius 1 is 1.21 bits per heavy atom. The van der Waals surface area contributed by atoms with E-state index in [0.717, 1.165) is 23.0 Å². The largest absolute Gasteiger partial charge is 0.502 e. The number of anilines is 1. The zero-order valence-electron chi connectivity index (χ0n) is 19.9. The summed E-state index contributed by atoms with van der Waals surface area (Å²) in [6.07, 6.45) is 0.968. The SMILES string of the molecule is COCCN1CN(c2ccccc2[N+](=O)[O-])n2cc(C(=O)NCc3ccc(F)cc3F)c(=O)c(O)c2C1=O. The van der Waals surface area contributed by atoms with Crippen molar-refractivity contribution in [1.29, 1.82) is 0 Å². The van der Waals surface area contributed by atoms with Crippen molar-refractivity contribution in [2.24, 2.45) is 0 Å². The van der Waals surface area contributed by atoms with Gasteiger partial charge in [-0.15, -0.1) is 0 Å². The summed E-state index contributed by atoms with van der Waals surface area (Å²) in [6.45, 7) is -0.526. The molecule has 0 saturated heterocycles. The molecule has 14 heteroatoms. The minimum Gasteiger partial charge on any atom is -0.502 e. The van der Waals surface area contributed by atoms with Crippen LogP contribution in [0.5, 0.6) is 5.75 Å². The minimum atomic E-state index is -1.18. The third-order valence-corrected chi connectivity index (χ3v) is 5.84. The van der Waals surface area contributed by atoms with Crippen LogP contribution in [-0.2, 0) is 11.3 Å². The van der Waals surface area contributed by atoms with Crippen LogP contribution in [0.4, 0.5) is 20.2 Å². The second-order valence-electron chi connectivity index (χ2n) is 8.18. The van der Waals surface area contributed by atoms with Crippen molar-refractivity contribution in [3.63, 3.8) is 0 Å². The van der Waals surface area contributed by atoms with Crippen molar-refractivity contribution in [3.05, 3.63) is 97.5 Å². The van der Waals surface area contributed by atoms with Gasteiger partial charge in [0.15, 0.2) is 11.4 Å². The first-order valence-corrected chi connectivity index (χ1v) is 11.1. The number of rotatable bonds is 8. The summed E-state index contributed by atoms with van der Waals surface area (Å²) in [5, 5.41) is 26.0. The van der Waals surface area contributed by atoms with Crippen LogP contribution in [0, 0.1) is 21.7 Å². The number of aromatic hydroxyl groups is 1. The Hall–Kier alpha value is -4.85. The first-order chi connectivity index (χ1) is 18.1. The van der Waals surface area contributed by atoms with E-state index in [1.165, 1.54) is 41.3 Å². The Kier molecular flexibility index (Phi) is 7.34. The van der Waals surface area contributed by atoms with Gasteiger partial charge in [0.1, 0.15) is 29.6 Å². The molecular formula is C24H21F2N5O7. The van der Waals surface area contributed by atoms with Crippen LogP contribution in [0.25, 0.3) is 0 Å². The molecule has 1 aromatic heterocycles. The first-order valence-electron chi connectivity index (χ1n) is 11.1. The zero-order chi connectivity index (χ0) is 27.6. The predicted octanol–water partition coefficient (Wildman–Crippen LogP) is 2.00. The maximum Gasteiger partial charge on any atom is 0.294 e. The fraction of sp³-hybridized carbons (Fsp3) is 0.208. The van der Waals surface area contributed by atoms with Crippen LogP contribution in [0.2, 0.25) is 0 Å². The van der Waals surface area contributed by atoms with E-state index in [1.807, 2.05) is 0 Å². The molecule has 2 heterocycles. The molecule has 0 unspecified atom stereocenters. The number of methoxy groups -OCH3 is 1. The van der Waals surface area contributed by atoms with Crippen LogP contribution in [0.3, 0.4) is 0 Å². The monoisotopic (exact) mass is 529 g/mol. The summed E-state index contributed by atoms with van der Waals surface area (Å²) < 4.78 is 33.2. The van der Waals surface area contributed by atoms with Gasteiger partial charge >= 0.3 is 0 Å². The number of para-hydroxylation sites is 2. The highest BCUT2D eigenvalue weighted by molar-refractivity contribution is 5.99. The molecule has 1 aliphatic rings. The van der Waals surface area contributed by atoms with Gasteiger partial charge in [-0.05, 0) is 12.1 Å². The number of halogens is 2. The maximum absolute atomic E-state index is 14.0. The van der Waals surface area contributed by atoms with Crippen LogP contribution >= 0.6 is 0 Å². The van der Waals surface area contributed by atoms with Crippen molar-refractivity contribution < 1.29 is 33.1 Å². The van der Waals surface area contributed by atoms with E-state index in [2.05, 4.69) is 5.32 Å². The highest BCUT2D eigenvalue weighted by Gasteiger charge is 2.36. The lowest BCUT2D eigenvalue weighted by Gasteiger charge is -2.39. The molecule has 0 atom stereocenters. The number of nitro benzene ring substituents is 1. The molecule has 0 aliphatic carbocycles. The minimum absolute atomic E-state index is 0.0106. The number of pyridine rings is 1. The molecule has 38 heavy (non-hydrogen) atoms. The number of fused-ring (bicyclic) bond motifs is 1. The number of nitrogens with zero attached hydrogens (tertiary/aromatic N) is 4. The zero-order valence-corrected chi connectivity index (χ0v) is 19.9. The van der Waals surface area contributed by atoms with Gasteiger partial charge in [0.2, 0.25) is 5.43 Å². The summed E-state index contributed by atoms with van der Waals surface area (Å²) >= 11 is 0. The summed E-state index contributed by atoms with van der Waals surface area (Å²) in [6, 6.07) is 8.34. The second kappa shape index (κ2) is 10.6. The fourth-order valence-corrected chi connectivity index (χ4v) is 3.92. The summed E-state index contributed by atoms with van der Waals surface area (Å²) in [5.41, 5.74) is -2.70. The lowest BCUT2D eigenvalue weighted by Crippen LogP contribution is -2.53. The number of benzene rings is 2. The number of nitro groups is 1. The first kappa shape index (κ1) is 26.2. The third kappa shape index (κ3) is 4.88. The van der Waals surface area contributed by atoms with E-state index < -0.39 is 57.4 Å². The van der Waals surface area contributed by atoms with Gasteiger partial charge in [0, 0.05) is 44.1 Å². The molecule has 4 rings (SSSR count). The predicted molar refractivity (Wildman–Crippen MR) is 129 cm³/mol. The van der Waals surface area contributed by atoms with Crippen LogP contribution < -0.4 is 15.8 Å². The molecule has 0 fully saturated rings. The lowest BCUT2D eigenvalue weighted by atomic mass is 10.1. The van der Waals surface area contributed by atoms with Gasteiger partial charge in [0.05, 0.1) is 11.5 Å². The van der Waals surface area contributed by atoms with E-state index in [4.69, 9.17) is 4.74 Å². The third-order valence-electron chi connectivity index (χ3n) is 5.84. The molecule has 3 aromatic rings. The molecule has 0 radical (unpaired) electrons. The van der Waals surface area contributed by atoms with Crippen LogP contribution in [-0.4, -0.2) is 58.4 Å². The van der Waals surface area contributed by atoms with Gasteiger partial charge in [0.25, 0.3) is 17.5 Å². The molecule has 0 spiro atoms. The Bertz CT molecular complexity index is 1490. The molecular weight excluding hydrogens is 508 g/mol. The van der Waals surface area contributed by atoms with Crippen molar-refractivity contribution in [2.45, 2.75) is 6.54 Å². The molecule has 1 aliphatic heterocycles. The highest BCUT2D eigenvalue weighted by Crippen LogP contribution is 2.32. The van der Waals surface area contributed by atoms with Crippen molar-refractivity contribution in [1.82, 2.24) is 14.9 Å². The van der Waals surface area contributed by atoms with Gasteiger partial charge in [-0.3, -0.25) is 29.5 Å². The van der Waals surface area contributed by atoms with Gasteiger partial charge < -0.3 is 20.1 Å². The summed E-state index contributed by atoms with van der Waals surface area (Å²) in [5.74, 6) is -4.58. The van der Waals surface area contributed by atoms with Crippen LogP contribution in [0.15, 0.2) is 53.5 Å². The maximum atomic E-state index is 14.0. The number of nitrogens with one attached hydrogen (secondary N) is 1. The van der Waals surface area contributed by atoms with E-state index in [-0.39, 0.29) is 36.8 Å². The van der Waals surface area contributed by atoms with E-state index in [1.54, 1.807) is 0 Å². The Labute approximate surface area is 213 Å². The Morgan fingerprint density at radius 2 is 1.95 bits per heavy atom. The van der Waals surface area contributed by atoms with Crippen molar-refractivity contribution in [2.75, 3.05) is 31.9 Å². The molecule has 198 valence electrons. The molecule has 2 aromatic carbocycles. The molecule has 2 amide bonds. The van der Waals surface area contributed by atoms with Crippen molar-refractivity contribution in [3.8, 4) is 5.75 Å². The molecule has 0 bridgehead atoms. The van der Waals surface area contributed by atoms with E-state index >= 15 is 0 Å². The summed E-state index contributed by atoms with van der Waals surface area (Å²) in [7, 11) is 1.41. The Balaban J connectivity index is 1.80. The standard InChI is InChI=1S/C24H21F2N5O7/c1-38-9-8-28-13-30(18-4-2-3-5-19(18)31(36)37)29-12-16(21(32)22(33)20(29)24(28)35)23(34)27-11-14-6-7-15(25)10-17(14)26/h2-7,10,12,33H,8-9,11,13H2,1H3,(H,27,34). The van der Waals surface area contributed by atoms with Gasteiger partial charge in [-0.25, -0.2) is 13.5 Å². The van der Waals surface area contributed by atoms with Crippen molar-refractivity contribution >= 4 is 23.2 Å². The number of ether oxygens (including phenoxy) is 1. The average Bonchev–Trinajstić information content (AvgIpc) is 2.89. The number of hydrogen-bond acceptors (Lipinski definition) is 8. The number of aromatic nitrogens is 1.